The molecule has 1 rings (SSSR count). The van der Waals surface area contributed by atoms with Crippen LogP contribution in [-0.4, -0.2) is 51.2 Å². The number of hydrogen-bond donors (Lipinski definition) is 2. The van der Waals surface area contributed by atoms with E-state index in [9.17, 15) is 0 Å². The quantitative estimate of drug-likeness (QED) is 0.456. The molecule has 0 saturated carbocycles. The molecule has 0 heterocycles. The average molecular weight is 280 g/mol. The van der Waals surface area contributed by atoms with Gasteiger partial charge in [-0.15, -0.1) is 11.8 Å². The number of amidine groups is 1. The van der Waals surface area contributed by atoms with Gasteiger partial charge in [0.05, 0.1) is 5.56 Å². The highest BCUT2D eigenvalue weighted by Crippen LogP contribution is 2.28. The molecule has 0 aromatic heterocycles. The smallest absolute Gasteiger partial charge is 0.126 e. The molecule has 0 atom stereocenters. The Hall–Kier alpha value is -1.20. The SMILES string of the molecule is CSc1cccc(N(C)CCCN(C)C)c1C(=N)N. The molecule has 0 aliphatic heterocycles. The molecule has 106 valence electrons. The Balaban J connectivity index is 2.89. The van der Waals surface area contributed by atoms with Gasteiger partial charge in [0.15, 0.2) is 0 Å². The minimum Gasteiger partial charge on any atom is -0.384 e. The molecule has 0 fully saturated rings. The number of thioether (sulfide) groups is 1. The highest BCUT2D eigenvalue weighted by molar-refractivity contribution is 7.98. The molecule has 4 nitrogen and oxygen atoms in total. The fraction of sp³-hybridized carbons (Fsp3) is 0.500. The number of benzene rings is 1. The Morgan fingerprint density at radius 1 is 1.26 bits per heavy atom. The maximum atomic E-state index is 7.79. The van der Waals surface area contributed by atoms with Crippen molar-refractivity contribution in [2.45, 2.75) is 11.3 Å². The molecule has 0 bridgehead atoms. The van der Waals surface area contributed by atoms with Crippen LogP contribution in [0.25, 0.3) is 0 Å². The van der Waals surface area contributed by atoms with E-state index in [1.807, 2.05) is 24.5 Å². The summed E-state index contributed by atoms with van der Waals surface area (Å²) in [6, 6.07) is 6.07. The summed E-state index contributed by atoms with van der Waals surface area (Å²) in [5, 5.41) is 7.79. The maximum Gasteiger partial charge on any atom is 0.126 e. The zero-order valence-electron chi connectivity index (χ0n) is 12.2. The molecule has 19 heavy (non-hydrogen) atoms. The van der Waals surface area contributed by atoms with E-state index in [2.05, 4.69) is 30.9 Å². The van der Waals surface area contributed by atoms with Gasteiger partial charge in [-0.25, -0.2) is 0 Å². The summed E-state index contributed by atoms with van der Waals surface area (Å²) in [7, 11) is 6.21. The molecule has 0 aliphatic carbocycles. The van der Waals surface area contributed by atoms with Gasteiger partial charge in [0.2, 0.25) is 0 Å². The Kier molecular flexibility index (Phi) is 6.18. The Morgan fingerprint density at radius 2 is 1.95 bits per heavy atom. The Labute approximate surface area is 120 Å². The summed E-state index contributed by atoms with van der Waals surface area (Å²) in [5.74, 6) is 0.138. The highest BCUT2D eigenvalue weighted by atomic mass is 32.2. The third-order valence-corrected chi connectivity index (χ3v) is 3.78. The van der Waals surface area contributed by atoms with Crippen LogP contribution in [0.4, 0.5) is 5.69 Å². The normalized spacial score (nSPS) is 10.8. The summed E-state index contributed by atoms with van der Waals surface area (Å²) in [6.45, 7) is 2.01. The molecular formula is C14H24N4S. The fourth-order valence-electron chi connectivity index (χ4n) is 2.02. The lowest BCUT2D eigenvalue weighted by atomic mass is 10.1. The largest absolute Gasteiger partial charge is 0.384 e. The van der Waals surface area contributed by atoms with E-state index < -0.39 is 0 Å². The topological polar surface area (TPSA) is 56.4 Å². The van der Waals surface area contributed by atoms with Crippen molar-refractivity contribution in [1.82, 2.24) is 4.90 Å². The van der Waals surface area contributed by atoms with Crippen LogP contribution in [-0.2, 0) is 0 Å². The van der Waals surface area contributed by atoms with Crippen molar-refractivity contribution < 1.29 is 0 Å². The Morgan fingerprint density at radius 3 is 2.47 bits per heavy atom. The molecule has 0 aliphatic rings. The van der Waals surface area contributed by atoms with Crippen LogP contribution in [0.15, 0.2) is 23.1 Å². The van der Waals surface area contributed by atoms with Gasteiger partial charge >= 0.3 is 0 Å². The molecule has 3 N–H and O–H groups in total. The van der Waals surface area contributed by atoms with Crippen LogP contribution < -0.4 is 10.6 Å². The van der Waals surface area contributed by atoms with Crippen molar-refractivity contribution in [2.75, 3.05) is 45.4 Å². The number of nitrogens with one attached hydrogen (secondary N) is 1. The van der Waals surface area contributed by atoms with Crippen molar-refractivity contribution in [3.63, 3.8) is 0 Å². The first-order valence-corrected chi connectivity index (χ1v) is 7.57. The van der Waals surface area contributed by atoms with E-state index in [1.54, 1.807) is 11.8 Å². The minimum absolute atomic E-state index is 0.138. The zero-order valence-corrected chi connectivity index (χ0v) is 13.0. The number of nitrogen functional groups attached to an aromatic ring is 1. The molecule has 1 aromatic carbocycles. The van der Waals surface area contributed by atoms with Crippen molar-refractivity contribution in [1.29, 1.82) is 5.41 Å². The second-order valence-electron chi connectivity index (χ2n) is 4.85. The lowest BCUT2D eigenvalue weighted by molar-refractivity contribution is 0.401. The third-order valence-electron chi connectivity index (χ3n) is 3.00. The Bertz CT molecular complexity index is 431. The molecule has 0 spiro atoms. The molecule has 0 unspecified atom stereocenters. The predicted octanol–water partition coefficient (Wildman–Crippen LogP) is 2.08. The van der Waals surface area contributed by atoms with E-state index >= 15 is 0 Å². The first-order valence-electron chi connectivity index (χ1n) is 6.34. The van der Waals surface area contributed by atoms with E-state index in [-0.39, 0.29) is 5.84 Å². The summed E-state index contributed by atoms with van der Waals surface area (Å²) >= 11 is 1.63. The van der Waals surface area contributed by atoms with E-state index in [0.717, 1.165) is 35.7 Å². The average Bonchev–Trinajstić information content (AvgIpc) is 2.36. The lowest BCUT2D eigenvalue weighted by Crippen LogP contribution is -2.26. The molecule has 1 aromatic rings. The second-order valence-corrected chi connectivity index (χ2v) is 5.69. The number of nitrogens with two attached hydrogens (primary N) is 1. The molecule has 5 heteroatoms. The maximum absolute atomic E-state index is 7.79. The van der Waals surface area contributed by atoms with Gasteiger partial charge in [-0.3, -0.25) is 5.41 Å². The zero-order chi connectivity index (χ0) is 14.4. The number of nitrogens with zero attached hydrogens (tertiary/aromatic N) is 2. The van der Waals surface area contributed by atoms with Crippen molar-refractivity contribution in [3.05, 3.63) is 23.8 Å². The van der Waals surface area contributed by atoms with Gasteiger partial charge in [-0.05, 0) is 45.4 Å². The number of anilines is 1. The first-order chi connectivity index (χ1) is 8.97. The summed E-state index contributed by atoms with van der Waals surface area (Å²) < 4.78 is 0. The standard InChI is InChI=1S/C14H24N4S/c1-17(2)9-6-10-18(3)11-7-5-8-12(19-4)13(11)14(15)16/h5,7-8H,6,9-10H2,1-4H3,(H3,15,16). The fourth-order valence-corrected chi connectivity index (χ4v) is 2.66. The van der Waals surface area contributed by atoms with E-state index in [0.29, 0.717) is 0 Å². The highest BCUT2D eigenvalue weighted by Gasteiger charge is 2.13. The van der Waals surface area contributed by atoms with Crippen LogP contribution >= 0.6 is 11.8 Å². The van der Waals surface area contributed by atoms with Crippen molar-refractivity contribution >= 4 is 23.3 Å². The van der Waals surface area contributed by atoms with E-state index in [4.69, 9.17) is 11.1 Å². The predicted molar refractivity (Wildman–Crippen MR) is 85.7 cm³/mol. The minimum atomic E-state index is 0.138. The number of hydrogen-bond acceptors (Lipinski definition) is 4. The summed E-state index contributed by atoms with van der Waals surface area (Å²) in [6.07, 6.45) is 3.10. The second kappa shape index (κ2) is 7.40. The third kappa shape index (κ3) is 4.44. The number of rotatable bonds is 7. The first kappa shape index (κ1) is 15.9. The van der Waals surface area contributed by atoms with Crippen LogP contribution in [0.3, 0.4) is 0 Å². The molecular weight excluding hydrogens is 256 g/mol. The van der Waals surface area contributed by atoms with Crippen molar-refractivity contribution in [2.24, 2.45) is 5.73 Å². The van der Waals surface area contributed by atoms with Gasteiger partial charge in [0, 0.05) is 24.2 Å². The van der Waals surface area contributed by atoms with E-state index in [1.165, 1.54) is 0 Å². The van der Waals surface area contributed by atoms with Gasteiger partial charge in [-0.1, -0.05) is 6.07 Å². The van der Waals surface area contributed by atoms with Crippen LogP contribution in [0.1, 0.15) is 12.0 Å². The molecule has 0 saturated heterocycles. The van der Waals surface area contributed by atoms with Crippen LogP contribution in [0, 0.1) is 5.41 Å². The van der Waals surface area contributed by atoms with Crippen molar-refractivity contribution in [3.8, 4) is 0 Å². The van der Waals surface area contributed by atoms with Crippen LogP contribution in [0.2, 0.25) is 0 Å². The van der Waals surface area contributed by atoms with Gasteiger partial charge in [0.1, 0.15) is 5.84 Å². The molecule has 0 amide bonds. The van der Waals surface area contributed by atoms with Gasteiger partial charge in [-0.2, -0.15) is 0 Å². The monoisotopic (exact) mass is 280 g/mol. The summed E-state index contributed by atoms with van der Waals surface area (Å²) in [5.41, 5.74) is 7.63. The lowest BCUT2D eigenvalue weighted by Gasteiger charge is -2.24. The van der Waals surface area contributed by atoms with Crippen LogP contribution in [0.5, 0.6) is 0 Å². The van der Waals surface area contributed by atoms with Gasteiger partial charge in [0.25, 0.3) is 0 Å². The molecule has 0 radical (unpaired) electrons. The van der Waals surface area contributed by atoms with Gasteiger partial charge < -0.3 is 15.5 Å². The summed E-state index contributed by atoms with van der Waals surface area (Å²) in [4.78, 5) is 5.42.